The molecule has 60 heavy (non-hydrogen) atoms. The maximum Gasteiger partial charge on any atom is 0.143 e. The Balaban J connectivity index is 0.879. The van der Waals surface area contributed by atoms with Crippen LogP contribution < -0.4 is 0 Å². The molecule has 0 spiro atoms. The number of nitrogens with zero attached hydrogens (tertiary/aromatic N) is 1. The SMILES string of the molecule is CC1(C)c2cc(-c3cccc4c3oc3ccccc34)ccc2-c2ccc(-n3c4ccccc4c4cc(-c5ccc(-c6cccc7c6oc6ccccc67)cc5)ccc43)cc21. The highest BCUT2D eigenvalue weighted by atomic mass is 16.3. The minimum Gasteiger partial charge on any atom is -0.455 e. The van der Waals surface area contributed by atoms with Crippen LogP contribution in [0.2, 0.25) is 0 Å². The van der Waals surface area contributed by atoms with Gasteiger partial charge in [0, 0.05) is 54.5 Å². The van der Waals surface area contributed by atoms with Gasteiger partial charge in [0.2, 0.25) is 0 Å². The van der Waals surface area contributed by atoms with E-state index in [1.165, 1.54) is 66.4 Å². The Morgan fingerprint density at radius 3 is 1.57 bits per heavy atom. The minimum atomic E-state index is -0.202. The Hall–Kier alpha value is -7.62. The van der Waals surface area contributed by atoms with E-state index in [9.17, 15) is 0 Å². The summed E-state index contributed by atoms with van der Waals surface area (Å²) in [6.45, 7) is 4.74. The van der Waals surface area contributed by atoms with Crippen LogP contribution in [0.5, 0.6) is 0 Å². The van der Waals surface area contributed by atoms with Gasteiger partial charge in [0.1, 0.15) is 22.3 Å². The highest BCUT2D eigenvalue weighted by Gasteiger charge is 2.36. The highest BCUT2D eigenvalue weighted by Crippen LogP contribution is 2.51. The Labute approximate surface area is 346 Å². The molecule has 0 saturated heterocycles. The molecule has 13 rings (SSSR count). The number of fused-ring (bicyclic) bond motifs is 12. The summed E-state index contributed by atoms with van der Waals surface area (Å²) in [7, 11) is 0. The molecule has 0 bridgehead atoms. The summed E-state index contributed by atoms with van der Waals surface area (Å²) in [6, 6.07) is 68.2. The Morgan fingerprint density at radius 1 is 0.350 bits per heavy atom. The molecule has 0 amide bonds. The molecule has 0 atom stereocenters. The summed E-state index contributed by atoms with van der Waals surface area (Å²) in [6.07, 6.45) is 0. The first-order valence-corrected chi connectivity index (χ1v) is 20.7. The van der Waals surface area contributed by atoms with Gasteiger partial charge in [0.15, 0.2) is 0 Å². The first-order valence-electron chi connectivity index (χ1n) is 20.7. The maximum absolute atomic E-state index is 6.47. The van der Waals surface area contributed by atoms with Crippen LogP contribution in [-0.2, 0) is 5.41 Å². The molecule has 1 aliphatic carbocycles. The van der Waals surface area contributed by atoms with Crippen molar-refractivity contribution in [3.05, 3.63) is 199 Å². The van der Waals surface area contributed by atoms with E-state index in [4.69, 9.17) is 8.83 Å². The van der Waals surface area contributed by atoms with Crippen LogP contribution in [0.15, 0.2) is 197 Å². The van der Waals surface area contributed by atoms with Gasteiger partial charge in [-0.05, 0) is 93.0 Å². The Bertz CT molecular complexity index is 3740. The number of aromatic nitrogens is 1. The molecular formula is C57H37NO2. The monoisotopic (exact) mass is 767 g/mol. The van der Waals surface area contributed by atoms with Crippen molar-refractivity contribution in [3.8, 4) is 50.2 Å². The molecule has 3 aromatic heterocycles. The average Bonchev–Trinajstić information content (AvgIpc) is 4.03. The van der Waals surface area contributed by atoms with Gasteiger partial charge in [-0.1, -0.05) is 153 Å². The van der Waals surface area contributed by atoms with E-state index in [0.29, 0.717) is 0 Å². The second kappa shape index (κ2) is 12.2. The first-order chi connectivity index (χ1) is 29.5. The standard InChI is InChI=1S/C57H37NO2/c1-57(2)49-32-37(40-15-10-17-47-45-13-5-8-20-54(45)60-56(40)47)25-28-41(49)42-29-27-38(33-50(42)57)58-51-18-6-3-11-43(51)48-31-36(26-30-52(48)58)34-21-23-35(24-22-34)39-14-9-16-46-44-12-4-7-19-53(44)59-55(39)46/h3-33H,1-2H3. The molecule has 0 aliphatic heterocycles. The number of hydrogen-bond acceptors (Lipinski definition) is 2. The van der Waals surface area contributed by atoms with Crippen LogP contribution >= 0.6 is 0 Å². The normalized spacial score (nSPS) is 13.3. The van der Waals surface area contributed by atoms with Crippen molar-refractivity contribution >= 4 is 65.7 Å². The lowest BCUT2D eigenvalue weighted by Gasteiger charge is -2.23. The molecule has 0 unspecified atom stereocenters. The number of hydrogen-bond donors (Lipinski definition) is 0. The fraction of sp³-hybridized carbons (Fsp3) is 0.0526. The summed E-state index contributed by atoms with van der Waals surface area (Å²) in [5.41, 5.74) is 19.3. The van der Waals surface area contributed by atoms with Crippen molar-refractivity contribution in [2.75, 3.05) is 0 Å². The Morgan fingerprint density at radius 2 is 0.867 bits per heavy atom. The largest absolute Gasteiger partial charge is 0.455 e. The van der Waals surface area contributed by atoms with Crippen molar-refractivity contribution < 1.29 is 8.83 Å². The lowest BCUT2D eigenvalue weighted by atomic mass is 9.81. The number of rotatable bonds is 4. The van der Waals surface area contributed by atoms with Gasteiger partial charge in [0.25, 0.3) is 0 Å². The van der Waals surface area contributed by atoms with Gasteiger partial charge in [-0.25, -0.2) is 0 Å². The molecule has 12 aromatic rings. The molecular weight excluding hydrogens is 731 g/mol. The molecule has 1 aliphatic rings. The quantitative estimate of drug-likeness (QED) is 0.179. The lowest BCUT2D eigenvalue weighted by molar-refractivity contribution is 0.659. The third-order valence-corrected chi connectivity index (χ3v) is 13.2. The van der Waals surface area contributed by atoms with Gasteiger partial charge in [-0.2, -0.15) is 0 Å². The van der Waals surface area contributed by atoms with E-state index in [2.05, 4.69) is 188 Å². The van der Waals surface area contributed by atoms with Crippen LogP contribution in [0.25, 0.3) is 116 Å². The fourth-order valence-corrected chi connectivity index (χ4v) is 10.3. The fourth-order valence-electron chi connectivity index (χ4n) is 10.3. The molecule has 0 fully saturated rings. The zero-order valence-corrected chi connectivity index (χ0v) is 33.2. The molecule has 3 heterocycles. The smallest absolute Gasteiger partial charge is 0.143 e. The van der Waals surface area contributed by atoms with Crippen LogP contribution in [0.3, 0.4) is 0 Å². The zero-order chi connectivity index (χ0) is 39.7. The van der Waals surface area contributed by atoms with Crippen molar-refractivity contribution in [1.82, 2.24) is 4.57 Å². The van der Waals surface area contributed by atoms with E-state index in [0.717, 1.165) is 60.6 Å². The van der Waals surface area contributed by atoms with Crippen molar-refractivity contribution in [2.24, 2.45) is 0 Å². The van der Waals surface area contributed by atoms with Crippen LogP contribution in [0.1, 0.15) is 25.0 Å². The second-order valence-corrected chi connectivity index (χ2v) is 16.8. The third-order valence-electron chi connectivity index (χ3n) is 13.2. The predicted molar refractivity (Wildman–Crippen MR) is 249 cm³/mol. The summed E-state index contributed by atoms with van der Waals surface area (Å²) < 4.78 is 15.3. The summed E-state index contributed by atoms with van der Waals surface area (Å²) in [5, 5.41) is 7.09. The Kier molecular flexibility index (Phi) is 6.78. The van der Waals surface area contributed by atoms with Crippen molar-refractivity contribution in [3.63, 3.8) is 0 Å². The van der Waals surface area contributed by atoms with Crippen molar-refractivity contribution in [1.29, 1.82) is 0 Å². The molecule has 9 aromatic carbocycles. The van der Waals surface area contributed by atoms with E-state index in [-0.39, 0.29) is 5.41 Å². The van der Waals surface area contributed by atoms with E-state index in [1.54, 1.807) is 0 Å². The number of furan rings is 2. The molecule has 0 saturated carbocycles. The van der Waals surface area contributed by atoms with Gasteiger partial charge in [0.05, 0.1) is 11.0 Å². The predicted octanol–water partition coefficient (Wildman–Crippen LogP) is 15.9. The van der Waals surface area contributed by atoms with E-state index >= 15 is 0 Å². The number of benzene rings is 9. The van der Waals surface area contributed by atoms with E-state index < -0.39 is 0 Å². The van der Waals surface area contributed by atoms with Gasteiger partial charge >= 0.3 is 0 Å². The van der Waals surface area contributed by atoms with E-state index in [1.807, 2.05) is 18.2 Å². The molecule has 0 N–H and O–H groups in total. The summed E-state index contributed by atoms with van der Waals surface area (Å²) in [5.74, 6) is 0. The van der Waals surface area contributed by atoms with Gasteiger partial charge < -0.3 is 13.4 Å². The van der Waals surface area contributed by atoms with Gasteiger partial charge in [-0.15, -0.1) is 0 Å². The minimum absolute atomic E-state index is 0.202. The van der Waals surface area contributed by atoms with Gasteiger partial charge in [-0.3, -0.25) is 0 Å². The zero-order valence-electron chi connectivity index (χ0n) is 33.2. The summed E-state index contributed by atoms with van der Waals surface area (Å²) in [4.78, 5) is 0. The van der Waals surface area contributed by atoms with Crippen molar-refractivity contribution in [2.45, 2.75) is 19.3 Å². The number of para-hydroxylation sites is 5. The first kappa shape index (κ1) is 33.4. The molecule has 3 nitrogen and oxygen atoms in total. The van der Waals surface area contributed by atoms with Crippen LogP contribution in [0, 0.1) is 0 Å². The average molecular weight is 768 g/mol. The molecule has 282 valence electrons. The maximum atomic E-state index is 6.47. The highest BCUT2D eigenvalue weighted by molar-refractivity contribution is 6.12. The lowest BCUT2D eigenvalue weighted by Crippen LogP contribution is -2.15. The van der Waals surface area contributed by atoms with Crippen LogP contribution in [0.4, 0.5) is 0 Å². The third kappa shape index (κ3) is 4.66. The second-order valence-electron chi connectivity index (χ2n) is 16.8. The topological polar surface area (TPSA) is 31.2 Å². The van der Waals surface area contributed by atoms with Crippen LogP contribution in [-0.4, -0.2) is 4.57 Å². The molecule has 0 radical (unpaired) electrons. The molecule has 3 heteroatoms. The summed E-state index contributed by atoms with van der Waals surface area (Å²) >= 11 is 0.